The van der Waals surface area contributed by atoms with E-state index in [0.29, 0.717) is 13.0 Å². The molecular weight excluding hydrogens is 291 g/mol. The van der Waals surface area contributed by atoms with E-state index in [2.05, 4.69) is 10.6 Å². The Morgan fingerprint density at radius 3 is 2.84 bits per heavy atom. The van der Waals surface area contributed by atoms with E-state index in [-0.39, 0.29) is 27.3 Å². The van der Waals surface area contributed by atoms with Crippen LogP contribution in [0.4, 0.5) is 0 Å². The summed E-state index contributed by atoms with van der Waals surface area (Å²) in [4.78, 5) is 23.5. The summed E-state index contributed by atoms with van der Waals surface area (Å²) in [5.41, 5.74) is -0.00669. The van der Waals surface area contributed by atoms with E-state index in [0.717, 1.165) is 6.42 Å². The van der Waals surface area contributed by atoms with Crippen LogP contribution in [0.2, 0.25) is 10.0 Å². The van der Waals surface area contributed by atoms with Crippen molar-refractivity contribution in [2.75, 3.05) is 6.54 Å². The second-order valence-corrected chi connectivity index (χ2v) is 5.00. The van der Waals surface area contributed by atoms with E-state index >= 15 is 0 Å². The Hall–Kier alpha value is -1.46. The number of phenols is 1. The molecule has 0 aromatic heterocycles. The number of benzene rings is 1. The zero-order valence-electron chi connectivity index (χ0n) is 9.87. The highest BCUT2D eigenvalue weighted by atomic mass is 35.5. The van der Waals surface area contributed by atoms with Crippen LogP contribution in [0.25, 0.3) is 0 Å². The molecule has 1 saturated heterocycles. The zero-order valence-corrected chi connectivity index (χ0v) is 11.4. The smallest absolute Gasteiger partial charge is 0.255 e. The number of aromatic hydroxyl groups is 1. The van der Waals surface area contributed by atoms with Gasteiger partial charge in [-0.2, -0.15) is 0 Å². The molecule has 2 amide bonds. The quantitative estimate of drug-likeness (QED) is 0.778. The number of carbonyl (C=O) groups excluding carboxylic acids is 2. The van der Waals surface area contributed by atoms with Gasteiger partial charge in [-0.3, -0.25) is 9.59 Å². The molecule has 2 rings (SSSR count). The number of rotatable bonds is 2. The molecule has 0 bridgehead atoms. The van der Waals surface area contributed by atoms with Gasteiger partial charge in [0.15, 0.2) is 0 Å². The highest BCUT2D eigenvalue weighted by molar-refractivity contribution is 6.43. The number of hydrogen-bond donors (Lipinski definition) is 3. The van der Waals surface area contributed by atoms with Crippen LogP contribution in [-0.4, -0.2) is 29.5 Å². The summed E-state index contributed by atoms with van der Waals surface area (Å²) >= 11 is 11.5. The summed E-state index contributed by atoms with van der Waals surface area (Å²) in [7, 11) is 0. The molecule has 1 aromatic rings. The summed E-state index contributed by atoms with van der Waals surface area (Å²) in [5, 5.41) is 15.1. The molecule has 0 unspecified atom stereocenters. The number of nitrogens with one attached hydrogen (secondary N) is 2. The van der Waals surface area contributed by atoms with Crippen molar-refractivity contribution in [2.24, 2.45) is 0 Å². The standard InChI is InChI=1S/C12H12Cl2N2O3/c13-7-4-3-6(10(17)9(7)14)11(18)16-8-2-1-5-15-12(8)19/h3-4,8,17H,1-2,5H2,(H,15,19)(H,16,18)/t8-/m0/s1. The van der Waals surface area contributed by atoms with Crippen molar-refractivity contribution in [3.05, 3.63) is 27.7 Å². The summed E-state index contributed by atoms with van der Waals surface area (Å²) in [6.45, 7) is 0.614. The minimum absolute atomic E-state index is 0.00669. The Bertz CT molecular complexity index is 534. The van der Waals surface area contributed by atoms with Crippen LogP contribution in [0.1, 0.15) is 23.2 Å². The Labute approximate surface area is 119 Å². The van der Waals surface area contributed by atoms with Crippen molar-refractivity contribution < 1.29 is 14.7 Å². The lowest BCUT2D eigenvalue weighted by Gasteiger charge is -2.23. The molecule has 3 N–H and O–H groups in total. The summed E-state index contributed by atoms with van der Waals surface area (Å²) < 4.78 is 0. The van der Waals surface area contributed by atoms with Crippen LogP contribution in [0.15, 0.2) is 12.1 Å². The van der Waals surface area contributed by atoms with Gasteiger partial charge in [-0.25, -0.2) is 0 Å². The van der Waals surface area contributed by atoms with Crippen molar-refractivity contribution in [3.8, 4) is 5.75 Å². The van der Waals surface area contributed by atoms with Gasteiger partial charge in [-0.1, -0.05) is 23.2 Å². The number of carbonyl (C=O) groups is 2. The minimum Gasteiger partial charge on any atom is -0.505 e. The third kappa shape index (κ3) is 2.93. The molecule has 0 spiro atoms. The monoisotopic (exact) mass is 302 g/mol. The summed E-state index contributed by atoms with van der Waals surface area (Å²) in [6, 6.07) is 2.19. The summed E-state index contributed by atoms with van der Waals surface area (Å²) in [6.07, 6.45) is 1.36. The Morgan fingerprint density at radius 2 is 2.16 bits per heavy atom. The van der Waals surface area contributed by atoms with Gasteiger partial charge in [0.2, 0.25) is 5.91 Å². The first-order valence-electron chi connectivity index (χ1n) is 5.76. The van der Waals surface area contributed by atoms with Gasteiger partial charge >= 0.3 is 0 Å². The van der Waals surface area contributed by atoms with E-state index in [1.54, 1.807) is 0 Å². The third-order valence-electron chi connectivity index (χ3n) is 2.90. The second kappa shape index (κ2) is 5.67. The van der Waals surface area contributed by atoms with Crippen molar-refractivity contribution in [2.45, 2.75) is 18.9 Å². The molecule has 0 radical (unpaired) electrons. The average molecular weight is 303 g/mol. The SMILES string of the molecule is O=C(N[C@H]1CCCNC1=O)c1ccc(Cl)c(Cl)c1O. The van der Waals surface area contributed by atoms with E-state index < -0.39 is 11.9 Å². The molecule has 7 heteroatoms. The predicted molar refractivity (Wildman–Crippen MR) is 71.6 cm³/mol. The maximum atomic E-state index is 12.0. The maximum Gasteiger partial charge on any atom is 0.255 e. The zero-order chi connectivity index (χ0) is 14.0. The molecule has 19 heavy (non-hydrogen) atoms. The van der Waals surface area contributed by atoms with Crippen LogP contribution in [0.3, 0.4) is 0 Å². The molecule has 1 heterocycles. The average Bonchev–Trinajstić information content (AvgIpc) is 2.39. The third-order valence-corrected chi connectivity index (χ3v) is 3.70. The Kier molecular flexibility index (Phi) is 4.17. The fourth-order valence-electron chi connectivity index (χ4n) is 1.87. The van der Waals surface area contributed by atoms with Crippen molar-refractivity contribution in [1.82, 2.24) is 10.6 Å². The van der Waals surface area contributed by atoms with Crippen LogP contribution in [0, 0.1) is 0 Å². The second-order valence-electron chi connectivity index (χ2n) is 4.22. The molecule has 1 aromatic carbocycles. The molecule has 102 valence electrons. The van der Waals surface area contributed by atoms with Crippen LogP contribution in [0.5, 0.6) is 5.75 Å². The van der Waals surface area contributed by atoms with E-state index in [9.17, 15) is 14.7 Å². The Morgan fingerprint density at radius 1 is 1.42 bits per heavy atom. The first kappa shape index (κ1) is 14.0. The fourth-order valence-corrected chi connectivity index (χ4v) is 2.19. The molecule has 5 nitrogen and oxygen atoms in total. The lowest BCUT2D eigenvalue weighted by Crippen LogP contribution is -2.50. The van der Waals surface area contributed by atoms with Gasteiger partial charge in [-0.15, -0.1) is 0 Å². The molecule has 1 fully saturated rings. The number of halogens is 2. The summed E-state index contributed by atoms with van der Waals surface area (Å²) in [5.74, 6) is -1.17. The van der Waals surface area contributed by atoms with Crippen LogP contribution in [-0.2, 0) is 4.79 Å². The lowest BCUT2D eigenvalue weighted by atomic mass is 10.1. The van der Waals surface area contributed by atoms with Gasteiger partial charge in [0, 0.05) is 6.54 Å². The highest BCUT2D eigenvalue weighted by Gasteiger charge is 2.25. The molecule has 1 atom stereocenters. The number of hydrogen-bond acceptors (Lipinski definition) is 3. The highest BCUT2D eigenvalue weighted by Crippen LogP contribution is 2.34. The first-order chi connectivity index (χ1) is 9.00. The molecule has 0 aliphatic carbocycles. The van der Waals surface area contributed by atoms with Crippen molar-refractivity contribution in [1.29, 1.82) is 0 Å². The van der Waals surface area contributed by atoms with Crippen molar-refractivity contribution in [3.63, 3.8) is 0 Å². The van der Waals surface area contributed by atoms with Gasteiger partial charge < -0.3 is 15.7 Å². The van der Waals surface area contributed by atoms with E-state index in [1.165, 1.54) is 12.1 Å². The normalized spacial score (nSPS) is 18.8. The van der Waals surface area contributed by atoms with E-state index in [1.807, 2.05) is 0 Å². The van der Waals surface area contributed by atoms with E-state index in [4.69, 9.17) is 23.2 Å². The topological polar surface area (TPSA) is 78.4 Å². The largest absolute Gasteiger partial charge is 0.505 e. The first-order valence-corrected chi connectivity index (χ1v) is 6.52. The molecule has 0 saturated carbocycles. The molecule has 1 aliphatic rings. The Balaban J connectivity index is 2.16. The van der Waals surface area contributed by atoms with Gasteiger partial charge in [-0.05, 0) is 25.0 Å². The van der Waals surface area contributed by atoms with Gasteiger partial charge in [0.05, 0.1) is 10.6 Å². The number of phenolic OH excluding ortho intramolecular Hbond substituents is 1. The predicted octanol–water partition coefficient (Wildman–Crippen LogP) is 1.71. The minimum atomic E-state index is -0.588. The van der Waals surface area contributed by atoms with Crippen LogP contribution >= 0.6 is 23.2 Å². The van der Waals surface area contributed by atoms with Crippen LogP contribution < -0.4 is 10.6 Å². The van der Waals surface area contributed by atoms with Gasteiger partial charge in [0.1, 0.15) is 16.8 Å². The van der Waals surface area contributed by atoms with Gasteiger partial charge in [0.25, 0.3) is 5.91 Å². The lowest BCUT2D eigenvalue weighted by molar-refractivity contribution is -0.124. The molecular formula is C12H12Cl2N2O3. The van der Waals surface area contributed by atoms with Crippen molar-refractivity contribution >= 4 is 35.0 Å². The number of amides is 2. The fraction of sp³-hybridized carbons (Fsp3) is 0.333. The number of piperidine rings is 1. The maximum absolute atomic E-state index is 12.0. The molecule has 1 aliphatic heterocycles.